The van der Waals surface area contributed by atoms with Gasteiger partial charge in [0, 0.05) is 12.6 Å². The molecule has 0 heterocycles. The number of carbonyl (C=O) groups is 1. The Bertz CT molecular complexity index is 375. The zero-order chi connectivity index (χ0) is 11.6. The molecular weight excluding hydrogens is 186 g/mol. The van der Waals surface area contributed by atoms with Gasteiger partial charge in [-0.1, -0.05) is 26.8 Å². The lowest BCUT2D eigenvalue weighted by Crippen LogP contribution is -2.13. The first-order valence-corrected chi connectivity index (χ1v) is 5.19. The van der Waals surface area contributed by atoms with Gasteiger partial charge in [-0.2, -0.15) is 0 Å². The summed E-state index contributed by atoms with van der Waals surface area (Å²) in [5, 5.41) is 2.79. The lowest BCUT2D eigenvalue weighted by atomic mass is 9.84. The highest BCUT2D eigenvalue weighted by molar-refractivity contribution is 5.88. The molecule has 1 aromatic rings. The molecule has 1 aromatic carbocycles. The van der Waals surface area contributed by atoms with Gasteiger partial charge in [0.1, 0.15) is 0 Å². The van der Waals surface area contributed by atoms with Gasteiger partial charge in [-0.15, -0.1) is 0 Å². The van der Waals surface area contributed by atoms with E-state index in [9.17, 15) is 4.79 Å². The normalized spacial score (nSPS) is 11.3. The van der Waals surface area contributed by atoms with Crippen molar-refractivity contribution in [3.8, 4) is 0 Å². The van der Waals surface area contributed by atoms with Gasteiger partial charge < -0.3 is 5.32 Å². The highest BCUT2D eigenvalue weighted by Crippen LogP contribution is 2.27. The molecule has 0 unspecified atom stereocenters. The van der Waals surface area contributed by atoms with Crippen molar-refractivity contribution < 1.29 is 4.79 Å². The Morgan fingerprint density at radius 3 is 2.27 bits per heavy atom. The van der Waals surface area contributed by atoms with Crippen molar-refractivity contribution >= 4 is 11.6 Å². The van der Waals surface area contributed by atoms with E-state index in [0.717, 1.165) is 5.69 Å². The summed E-state index contributed by atoms with van der Waals surface area (Å²) in [4.78, 5) is 10.9. The summed E-state index contributed by atoms with van der Waals surface area (Å²) >= 11 is 0. The standard InChI is InChI=1S/C13H19NO/c1-9-8-11(14-10(2)15)6-7-12(9)13(3,4)5/h6-8H,1-5H3,(H,14,15). The van der Waals surface area contributed by atoms with E-state index in [1.54, 1.807) is 0 Å². The van der Waals surface area contributed by atoms with Gasteiger partial charge >= 0.3 is 0 Å². The first-order valence-electron chi connectivity index (χ1n) is 5.19. The minimum atomic E-state index is -0.0297. The van der Waals surface area contributed by atoms with E-state index in [-0.39, 0.29) is 11.3 Å². The van der Waals surface area contributed by atoms with Crippen LogP contribution in [-0.4, -0.2) is 5.91 Å². The summed E-state index contributed by atoms with van der Waals surface area (Å²) in [6, 6.07) is 6.05. The number of rotatable bonds is 1. The third-order valence-corrected chi connectivity index (χ3v) is 2.35. The number of benzene rings is 1. The maximum Gasteiger partial charge on any atom is 0.221 e. The van der Waals surface area contributed by atoms with Gasteiger partial charge in [-0.05, 0) is 35.6 Å². The topological polar surface area (TPSA) is 29.1 Å². The molecule has 0 saturated carbocycles. The summed E-state index contributed by atoms with van der Waals surface area (Å²) in [6.07, 6.45) is 0. The fraction of sp³-hybridized carbons (Fsp3) is 0.462. The average Bonchev–Trinajstić information content (AvgIpc) is 1.99. The Hall–Kier alpha value is -1.31. The molecule has 1 N–H and O–H groups in total. The van der Waals surface area contributed by atoms with Crippen molar-refractivity contribution in [2.45, 2.75) is 40.0 Å². The van der Waals surface area contributed by atoms with Crippen LogP contribution in [0.2, 0.25) is 0 Å². The van der Waals surface area contributed by atoms with Crippen LogP contribution in [0.4, 0.5) is 5.69 Å². The maximum atomic E-state index is 10.9. The lowest BCUT2D eigenvalue weighted by molar-refractivity contribution is -0.114. The van der Waals surface area contributed by atoms with Crippen LogP contribution < -0.4 is 5.32 Å². The molecule has 0 aliphatic rings. The van der Waals surface area contributed by atoms with E-state index in [1.807, 2.05) is 12.1 Å². The second-order valence-electron chi connectivity index (χ2n) is 4.96. The number of anilines is 1. The second kappa shape index (κ2) is 4.05. The van der Waals surface area contributed by atoms with Gasteiger partial charge in [0.15, 0.2) is 0 Å². The van der Waals surface area contributed by atoms with Crippen molar-refractivity contribution in [2.75, 3.05) is 5.32 Å². The van der Waals surface area contributed by atoms with E-state index < -0.39 is 0 Å². The molecule has 2 nitrogen and oxygen atoms in total. The number of carbonyl (C=O) groups excluding carboxylic acids is 1. The molecule has 0 bridgehead atoms. The minimum absolute atomic E-state index is 0.0297. The van der Waals surface area contributed by atoms with Gasteiger partial charge in [-0.25, -0.2) is 0 Å². The molecule has 0 spiro atoms. The van der Waals surface area contributed by atoms with E-state index >= 15 is 0 Å². The highest BCUT2D eigenvalue weighted by Gasteiger charge is 2.15. The maximum absolute atomic E-state index is 10.9. The van der Waals surface area contributed by atoms with Crippen LogP contribution >= 0.6 is 0 Å². The Morgan fingerprint density at radius 1 is 1.27 bits per heavy atom. The van der Waals surface area contributed by atoms with Crippen molar-refractivity contribution in [1.82, 2.24) is 0 Å². The minimum Gasteiger partial charge on any atom is -0.326 e. The molecule has 15 heavy (non-hydrogen) atoms. The Kier molecular flexibility index (Phi) is 3.18. The van der Waals surface area contributed by atoms with Crippen LogP contribution in [0.15, 0.2) is 18.2 Å². The number of hydrogen-bond donors (Lipinski definition) is 1. The fourth-order valence-corrected chi connectivity index (χ4v) is 1.79. The fourth-order valence-electron chi connectivity index (χ4n) is 1.79. The van der Waals surface area contributed by atoms with E-state index in [2.05, 4.69) is 39.1 Å². The molecule has 1 amide bonds. The summed E-state index contributed by atoms with van der Waals surface area (Å²) < 4.78 is 0. The van der Waals surface area contributed by atoms with Gasteiger partial charge in [0.25, 0.3) is 0 Å². The number of hydrogen-bond acceptors (Lipinski definition) is 1. The van der Waals surface area contributed by atoms with Gasteiger partial charge in [0.2, 0.25) is 5.91 Å². The molecule has 0 fully saturated rings. The monoisotopic (exact) mass is 205 g/mol. The van der Waals surface area contributed by atoms with Crippen LogP contribution in [0.25, 0.3) is 0 Å². The summed E-state index contributed by atoms with van der Waals surface area (Å²) in [5.74, 6) is -0.0297. The molecule has 0 atom stereocenters. The van der Waals surface area contributed by atoms with Crippen molar-refractivity contribution in [1.29, 1.82) is 0 Å². The lowest BCUT2D eigenvalue weighted by Gasteiger charge is -2.22. The van der Waals surface area contributed by atoms with Crippen LogP contribution in [0.5, 0.6) is 0 Å². The largest absolute Gasteiger partial charge is 0.326 e. The van der Waals surface area contributed by atoms with E-state index in [0.29, 0.717) is 0 Å². The van der Waals surface area contributed by atoms with Crippen LogP contribution in [0.3, 0.4) is 0 Å². The second-order valence-corrected chi connectivity index (χ2v) is 4.96. The highest BCUT2D eigenvalue weighted by atomic mass is 16.1. The molecule has 0 aliphatic carbocycles. The van der Waals surface area contributed by atoms with E-state index in [1.165, 1.54) is 18.1 Å². The first kappa shape index (κ1) is 11.8. The van der Waals surface area contributed by atoms with Gasteiger partial charge in [-0.3, -0.25) is 4.79 Å². The molecule has 0 aromatic heterocycles. The summed E-state index contributed by atoms with van der Waals surface area (Å²) in [7, 11) is 0. The molecule has 0 aliphatic heterocycles. The van der Waals surface area contributed by atoms with Crippen molar-refractivity contribution in [2.24, 2.45) is 0 Å². The quantitative estimate of drug-likeness (QED) is 0.749. The zero-order valence-corrected chi connectivity index (χ0v) is 10.1. The van der Waals surface area contributed by atoms with Crippen LogP contribution in [-0.2, 0) is 10.2 Å². The van der Waals surface area contributed by atoms with Crippen molar-refractivity contribution in [3.05, 3.63) is 29.3 Å². The molecule has 1 rings (SSSR count). The average molecular weight is 205 g/mol. The Morgan fingerprint density at radius 2 is 1.87 bits per heavy atom. The van der Waals surface area contributed by atoms with Crippen LogP contribution in [0, 0.1) is 6.92 Å². The third-order valence-electron chi connectivity index (χ3n) is 2.35. The molecule has 2 heteroatoms. The number of amides is 1. The van der Waals surface area contributed by atoms with E-state index in [4.69, 9.17) is 0 Å². The zero-order valence-electron chi connectivity index (χ0n) is 10.1. The molecule has 82 valence electrons. The predicted octanol–water partition coefficient (Wildman–Crippen LogP) is 3.25. The Labute approximate surface area is 91.7 Å². The summed E-state index contributed by atoms with van der Waals surface area (Å²) in [5.41, 5.74) is 3.55. The van der Waals surface area contributed by atoms with Crippen molar-refractivity contribution in [3.63, 3.8) is 0 Å². The van der Waals surface area contributed by atoms with Gasteiger partial charge in [0.05, 0.1) is 0 Å². The first-order chi connectivity index (χ1) is 6.80. The SMILES string of the molecule is CC(=O)Nc1ccc(C(C)(C)C)c(C)c1. The number of nitrogens with one attached hydrogen (secondary N) is 1. The third kappa shape index (κ3) is 3.08. The predicted molar refractivity (Wildman–Crippen MR) is 64.2 cm³/mol. The molecular formula is C13H19NO. The molecule has 0 radical (unpaired) electrons. The summed E-state index contributed by atoms with van der Waals surface area (Å²) in [6.45, 7) is 10.2. The molecule has 0 saturated heterocycles. The smallest absolute Gasteiger partial charge is 0.221 e. The Balaban J connectivity index is 3.04. The number of aryl methyl sites for hydroxylation is 1. The van der Waals surface area contributed by atoms with Crippen LogP contribution in [0.1, 0.15) is 38.8 Å².